The van der Waals surface area contributed by atoms with E-state index < -0.39 is 11.7 Å². The number of hydrogen-bond donors (Lipinski definition) is 1. The highest BCUT2D eigenvalue weighted by atomic mass is 16.6. The minimum Gasteiger partial charge on any atom is -0.444 e. The zero-order valence-electron chi connectivity index (χ0n) is 13.8. The van der Waals surface area contributed by atoms with Crippen molar-refractivity contribution in [2.75, 3.05) is 0 Å². The van der Waals surface area contributed by atoms with E-state index in [0.717, 1.165) is 16.7 Å². The van der Waals surface area contributed by atoms with Crippen LogP contribution in [0.1, 0.15) is 39.3 Å². The third kappa shape index (κ3) is 4.10. The summed E-state index contributed by atoms with van der Waals surface area (Å²) >= 11 is 0. The van der Waals surface area contributed by atoms with E-state index in [1.165, 1.54) is 0 Å². The maximum atomic E-state index is 11.9. The molecular weight excluding hydrogens is 278 g/mol. The molecule has 5 heteroatoms. The summed E-state index contributed by atoms with van der Waals surface area (Å²) in [6.45, 7) is 7.49. The smallest absolute Gasteiger partial charge is 0.408 e. The molecule has 0 spiro atoms. The molecule has 1 heterocycles. The van der Waals surface area contributed by atoms with Crippen LogP contribution in [0.2, 0.25) is 0 Å². The fourth-order valence-electron chi connectivity index (χ4n) is 2.26. The molecule has 0 aliphatic rings. The molecule has 1 N–H and O–H groups in total. The molecule has 0 aliphatic carbocycles. The first-order chi connectivity index (χ1) is 10.3. The summed E-state index contributed by atoms with van der Waals surface area (Å²) in [5, 5.41) is 7.09. The van der Waals surface area contributed by atoms with Gasteiger partial charge in [-0.15, -0.1) is 0 Å². The van der Waals surface area contributed by atoms with Gasteiger partial charge < -0.3 is 10.1 Å². The topological polar surface area (TPSA) is 56.1 Å². The summed E-state index contributed by atoms with van der Waals surface area (Å²) in [5.41, 5.74) is 2.60. The van der Waals surface area contributed by atoms with Gasteiger partial charge in [-0.25, -0.2) is 4.79 Å². The van der Waals surface area contributed by atoms with Crippen molar-refractivity contribution >= 4 is 6.09 Å². The van der Waals surface area contributed by atoms with E-state index in [2.05, 4.69) is 10.4 Å². The van der Waals surface area contributed by atoms with Gasteiger partial charge in [0.05, 0.1) is 12.2 Å². The number of aryl methyl sites for hydroxylation is 1. The minimum atomic E-state index is -0.507. The van der Waals surface area contributed by atoms with Crippen LogP contribution < -0.4 is 5.32 Å². The predicted molar refractivity (Wildman–Crippen MR) is 86.4 cm³/mol. The Morgan fingerprint density at radius 2 is 2.00 bits per heavy atom. The van der Waals surface area contributed by atoms with Gasteiger partial charge in [0, 0.05) is 18.8 Å². The summed E-state index contributed by atoms with van der Waals surface area (Å²) < 4.78 is 7.08. The van der Waals surface area contributed by atoms with Crippen LogP contribution in [-0.2, 0) is 11.8 Å². The molecular formula is C17H23N3O2. The number of carbonyl (C=O) groups is 1. The Balaban J connectivity index is 2.20. The van der Waals surface area contributed by atoms with Crippen LogP contribution in [0.3, 0.4) is 0 Å². The molecule has 5 nitrogen and oxygen atoms in total. The standard InChI is InChI=1S/C17H23N3O2/c1-12(19-16(21)22-17(2,3)4)14-8-6-7-9-15(14)13-10-18-20(5)11-13/h6-12H,1-5H3,(H,19,21). The molecule has 0 saturated carbocycles. The van der Waals surface area contributed by atoms with Gasteiger partial charge >= 0.3 is 6.09 Å². The second kappa shape index (κ2) is 6.22. The number of rotatable bonds is 3. The van der Waals surface area contributed by atoms with Crippen LogP contribution in [0.15, 0.2) is 36.7 Å². The Hall–Kier alpha value is -2.30. The Morgan fingerprint density at radius 1 is 1.32 bits per heavy atom. The average Bonchev–Trinajstić information content (AvgIpc) is 2.83. The van der Waals surface area contributed by atoms with Crippen molar-refractivity contribution in [2.24, 2.45) is 7.05 Å². The summed E-state index contributed by atoms with van der Waals surface area (Å²) in [6.07, 6.45) is 3.36. The second-order valence-electron chi connectivity index (χ2n) is 6.36. The normalized spacial score (nSPS) is 12.8. The Bertz CT molecular complexity index is 656. The van der Waals surface area contributed by atoms with Gasteiger partial charge in [0.2, 0.25) is 0 Å². The number of alkyl carbamates (subject to hydrolysis) is 1. The third-order valence-electron chi connectivity index (χ3n) is 3.18. The number of amides is 1. The molecule has 1 aromatic carbocycles. The second-order valence-corrected chi connectivity index (χ2v) is 6.36. The van der Waals surface area contributed by atoms with Gasteiger partial charge in [0.25, 0.3) is 0 Å². The lowest BCUT2D eigenvalue weighted by molar-refractivity contribution is 0.0508. The first kappa shape index (κ1) is 16.1. The van der Waals surface area contributed by atoms with Crippen LogP contribution in [0, 0.1) is 0 Å². The van der Waals surface area contributed by atoms with Gasteiger partial charge in [0.15, 0.2) is 0 Å². The minimum absolute atomic E-state index is 0.161. The predicted octanol–water partition coefficient (Wildman–Crippen LogP) is 3.67. The number of aromatic nitrogens is 2. The zero-order chi connectivity index (χ0) is 16.3. The molecule has 118 valence electrons. The van der Waals surface area contributed by atoms with Crippen LogP contribution >= 0.6 is 0 Å². The molecule has 1 atom stereocenters. The van der Waals surface area contributed by atoms with E-state index in [4.69, 9.17) is 4.74 Å². The quantitative estimate of drug-likeness (QED) is 0.941. The Labute approximate surface area is 131 Å². The largest absolute Gasteiger partial charge is 0.444 e. The summed E-state index contributed by atoms with van der Waals surface area (Å²) in [4.78, 5) is 11.9. The SMILES string of the molecule is CC(NC(=O)OC(C)(C)C)c1ccccc1-c1cnn(C)c1. The lowest BCUT2D eigenvalue weighted by Crippen LogP contribution is -2.34. The molecule has 1 unspecified atom stereocenters. The first-order valence-corrected chi connectivity index (χ1v) is 7.34. The van der Waals surface area contributed by atoms with Gasteiger partial charge in [0.1, 0.15) is 5.60 Å². The number of nitrogens with zero attached hydrogens (tertiary/aromatic N) is 2. The molecule has 0 aliphatic heterocycles. The van der Waals surface area contributed by atoms with Crippen molar-refractivity contribution in [3.05, 3.63) is 42.2 Å². The van der Waals surface area contributed by atoms with Crippen molar-refractivity contribution in [2.45, 2.75) is 39.3 Å². The molecule has 2 aromatic rings. The van der Waals surface area contributed by atoms with Crippen molar-refractivity contribution in [3.8, 4) is 11.1 Å². The van der Waals surface area contributed by atoms with Crippen LogP contribution in [-0.4, -0.2) is 21.5 Å². The van der Waals surface area contributed by atoms with Crippen LogP contribution in [0.5, 0.6) is 0 Å². The van der Waals surface area contributed by atoms with Crippen LogP contribution in [0.25, 0.3) is 11.1 Å². The monoisotopic (exact) mass is 301 g/mol. The van der Waals surface area contributed by atoms with E-state index >= 15 is 0 Å². The summed E-state index contributed by atoms with van der Waals surface area (Å²) in [7, 11) is 1.88. The highest BCUT2D eigenvalue weighted by molar-refractivity contribution is 5.71. The fourth-order valence-corrected chi connectivity index (χ4v) is 2.26. The highest BCUT2D eigenvalue weighted by Gasteiger charge is 2.20. The zero-order valence-corrected chi connectivity index (χ0v) is 13.8. The maximum absolute atomic E-state index is 11.9. The van der Waals surface area contributed by atoms with E-state index in [9.17, 15) is 4.79 Å². The molecule has 0 radical (unpaired) electrons. The van der Waals surface area contributed by atoms with Gasteiger partial charge in [-0.3, -0.25) is 4.68 Å². The first-order valence-electron chi connectivity index (χ1n) is 7.34. The van der Waals surface area contributed by atoms with Gasteiger partial charge in [-0.1, -0.05) is 24.3 Å². The van der Waals surface area contributed by atoms with Gasteiger partial charge in [-0.05, 0) is 38.8 Å². The lowest BCUT2D eigenvalue weighted by Gasteiger charge is -2.23. The van der Waals surface area contributed by atoms with Gasteiger partial charge in [-0.2, -0.15) is 5.10 Å². The molecule has 2 rings (SSSR count). The third-order valence-corrected chi connectivity index (χ3v) is 3.18. The Morgan fingerprint density at radius 3 is 2.59 bits per heavy atom. The molecule has 0 saturated heterocycles. The van der Waals surface area contributed by atoms with E-state index in [0.29, 0.717) is 0 Å². The number of carbonyl (C=O) groups excluding carboxylic acids is 1. The summed E-state index contributed by atoms with van der Waals surface area (Å²) in [5.74, 6) is 0. The number of hydrogen-bond acceptors (Lipinski definition) is 3. The van der Waals surface area contributed by atoms with E-state index in [1.807, 2.05) is 71.4 Å². The molecule has 1 aromatic heterocycles. The van der Waals surface area contributed by atoms with E-state index in [-0.39, 0.29) is 6.04 Å². The van der Waals surface area contributed by atoms with Crippen molar-refractivity contribution in [1.29, 1.82) is 0 Å². The van der Waals surface area contributed by atoms with Crippen molar-refractivity contribution < 1.29 is 9.53 Å². The fraction of sp³-hybridized carbons (Fsp3) is 0.412. The summed E-state index contributed by atoms with van der Waals surface area (Å²) in [6, 6.07) is 7.81. The van der Waals surface area contributed by atoms with Crippen molar-refractivity contribution in [3.63, 3.8) is 0 Å². The lowest BCUT2D eigenvalue weighted by atomic mass is 9.98. The van der Waals surface area contributed by atoms with Crippen LogP contribution in [0.4, 0.5) is 4.79 Å². The Kier molecular flexibility index (Phi) is 4.54. The maximum Gasteiger partial charge on any atom is 0.408 e. The molecule has 0 bridgehead atoms. The number of ether oxygens (including phenoxy) is 1. The number of benzene rings is 1. The number of nitrogens with one attached hydrogen (secondary N) is 1. The molecule has 1 amide bonds. The average molecular weight is 301 g/mol. The van der Waals surface area contributed by atoms with E-state index in [1.54, 1.807) is 4.68 Å². The van der Waals surface area contributed by atoms with Crippen molar-refractivity contribution in [1.82, 2.24) is 15.1 Å². The molecule has 22 heavy (non-hydrogen) atoms. The molecule has 0 fully saturated rings. The highest BCUT2D eigenvalue weighted by Crippen LogP contribution is 2.27.